The number of hydrogen-bond donors (Lipinski definition) is 1. The maximum atomic E-state index is 14.2. The quantitative estimate of drug-likeness (QED) is 0.415. The number of carbonyl (C=O) groups excluding carboxylic acids is 3. The van der Waals surface area contributed by atoms with E-state index in [9.17, 15) is 27.2 Å². The Kier molecular flexibility index (Phi) is 8.18. The van der Waals surface area contributed by atoms with Gasteiger partial charge in [-0.3, -0.25) is 19.3 Å². The van der Waals surface area contributed by atoms with Gasteiger partial charge in [0.1, 0.15) is 23.3 Å². The lowest BCUT2D eigenvalue weighted by Crippen LogP contribution is -2.49. The Bertz CT molecular complexity index is 1570. The van der Waals surface area contributed by atoms with Crippen LogP contribution in [0.3, 0.4) is 0 Å². The second-order valence-electron chi connectivity index (χ2n) is 9.89. The van der Waals surface area contributed by atoms with Gasteiger partial charge in [0.2, 0.25) is 11.8 Å². The smallest absolute Gasteiger partial charge is 0.269 e. The van der Waals surface area contributed by atoms with Gasteiger partial charge in [0.15, 0.2) is 0 Å². The van der Waals surface area contributed by atoms with E-state index >= 15 is 0 Å². The number of sulfonamides is 1. The zero-order chi connectivity index (χ0) is 29.1. The SMILES string of the molecule is CCc1ccccc1N(C(=O)CN1C(=O)c2ccccc2S1(=O)=O)[C@H](C(=O)NC[C@H]1CCCO1)c1ccc(F)cc1. The second kappa shape index (κ2) is 11.8. The van der Waals surface area contributed by atoms with E-state index in [0.29, 0.717) is 28.6 Å². The topological polar surface area (TPSA) is 113 Å². The van der Waals surface area contributed by atoms with E-state index in [1.807, 2.05) is 6.92 Å². The van der Waals surface area contributed by atoms with Crippen molar-refractivity contribution in [1.82, 2.24) is 9.62 Å². The first-order valence-corrected chi connectivity index (χ1v) is 14.9. The summed E-state index contributed by atoms with van der Waals surface area (Å²) in [6.45, 7) is 1.86. The van der Waals surface area contributed by atoms with Crippen molar-refractivity contribution in [3.8, 4) is 0 Å². The largest absolute Gasteiger partial charge is 0.376 e. The first-order valence-electron chi connectivity index (χ1n) is 13.4. The van der Waals surface area contributed by atoms with Crippen molar-refractivity contribution >= 4 is 33.4 Å². The van der Waals surface area contributed by atoms with Crippen LogP contribution >= 0.6 is 0 Å². The average Bonchev–Trinajstić information content (AvgIpc) is 3.57. The lowest BCUT2D eigenvalue weighted by atomic mass is 10.0. The molecule has 9 nitrogen and oxygen atoms in total. The molecule has 0 saturated carbocycles. The molecule has 2 atom stereocenters. The Morgan fingerprint density at radius 3 is 2.46 bits per heavy atom. The summed E-state index contributed by atoms with van der Waals surface area (Å²) in [6, 6.07) is 16.6. The molecular formula is C30H30FN3O6S. The Hall–Kier alpha value is -4.09. The number of nitrogens with zero attached hydrogens (tertiary/aromatic N) is 2. The van der Waals surface area contributed by atoms with Crippen LogP contribution in [0.4, 0.5) is 10.1 Å². The van der Waals surface area contributed by atoms with Gasteiger partial charge in [-0.25, -0.2) is 17.1 Å². The normalized spacial score (nSPS) is 18.1. The minimum Gasteiger partial charge on any atom is -0.376 e. The molecule has 0 spiro atoms. The molecule has 214 valence electrons. The number of aryl methyl sites for hydroxylation is 1. The molecule has 3 amide bonds. The number of benzene rings is 3. The fourth-order valence-corrected chi connectivity index (χ4v) is 6.75. The fourth-order valence-electron chi connectivity index (χ4n) is 5.23. The number of ether oxygens (including phenoxy) is 1. The van der Waals surface area contributed by atoms with Gasteiger partial charge in [-0.1, -0.05) is 49.4 Å². The van der Waals surface area contributed by atoms with E-state index in [-0.39, 0.29) is 23.1 Å². The summed E-state index contributed by atoms with van der Waals surface area (Å²) in [5.74, 6) is -2.69. The summed E-state index contributed by atoms with van der Waals surface area (Å²) in [7, 11) is -4.29. The number of para-hydroxylation sites is 1. The molecule has 3 aromatic carbocycles. The summed E-state index contributed by atoms with van der Waals surface area (Å²) >= 11 is 0. The van der Waals surface area contributed by atoms with E-state index in [1.165, 1.54) is 47.4 Å². The van der Waals surface area contributed by atoms with Crippen molar-refractivity contribution in [3.05, 3.63) is 95.3 Å². The Morgan fingerprint density at radius 2 is 1.78 bits per heavy atom. The number of halogens is 1. The molecule has 0 aromatic heterocycles. The van der Waals surface area contributed by atoms with Crippen LogP contribution < -0.4 is 10.2 Å². The summed E-state index contributed by atoms with van der Waals surface area (Å²) in [5, 5.41) is 2.86. The predicted octanol–water partition coefficient (Wildman–Crippen LogP) is 3.60. The standard InChI is InChI=1S/C30H30FN3O6S/c1-2-20-8-3-5-11-25(20)34(27(35)19-33-30(37)24-10-4-6-12-26(24)41(33,38)39)28(21-13-15-22(31)16-14-21)29(36)32-18-23-9-7-17-40-23/h3-6,8,10-16,23,28H,2,7,9,17-19H2,1H3,(H,32,36)/t23-,28+/m1/s1. The van der Waals surface area contributed by atoms with Gasteiger partial charge in [-0.05, 0) is 60.7 Å². The molecule has 1 fully saturated rings. The number of fused-ring (bicyclic) bond motifs is 1. The Labute approximate surface area is 238 Å². The number of carbonyl (C=O) groups is 3. The van der Waals surface area contributed by atoms with Crippen LogP contribution in [0.25, 0.3) is 0 Å². The van der Waals surface area contributed by atoms with Crippen molar-refractivity contribution in [1.29, 1.82) is 0 Å². The van der Waals surface area contributed by atoms with Gasteiger partial charge in [0, 0.05) is 18.8 Å². The highest BCUT2D eigenvalue weighted by atomic mass is 32.2. The van der Waals surface area contributed by atoms with Gasteiger partial charge in [-0.2, -0.15) is 0 Å². The molecule has 2 aliphatic rings. The molecule has 1 saturated heterocycles. The van der Waals surface area contributed by atoms with Crippen LogP contribution in [0.2, 0.25) is 0 Å². The van der Waals surface area contributed by atoms with E-state index in [4.69, 9.17) is 4.74 Å². The van der Waals surface area contributed by atoms with E-state index < -0.39 is 46.1 Å². The molecular weight excluding hydrogens is 549 g/mol. The first-order chi connectivity index (χ1) is 19.7. The fraction of sp³-hybridized carbons (Fsp3) is 0.300. The van der Waals surface area contributed by atoms with Gasteiger partial charge < -0.3 is 10.1 Å². The van der Waals surface area contributed by atoms with Crippen LogP contribution in [0.5, 0.6) is 0 Å². The van der Waals surface area contributed by atoms with Crippen LogP contribution in [0, 0.1) is 5.82 Å². The van der Waals surface area contributed by atoms with Gasteiger partial charge in [-0.15, -0.1) is 0 Å². The molecule has 0 bridgehead atoms. The molecule has 11 heteroatoms. The molecule has 0 unspecified atom stereocenters. The number of amides is 3. The predicted molar refractivity (Wildman–Crippen MR) is 149 cm³/mol. The van der Waals surface area contributed by atoms with Crippen LogP contribution in [0.15, 0.2) is 77.7 Å². The van der Waals surface area contributed by atoms with Gasteiger partial charge in [0.05, 0.1) is 11.7 Å². The summed E-state index contributed by atoms with van der Waals surface area (Å²) in [6.07, 6.45) is 1.97. The van der Waals surface area contributed by atoms with Crippen molar-refractivity contribution in [2.75, 3.05) is 24.6 Å². The number of hydrogen-bond acceptors (Lipinski definition) is 6. The number of rotatable bonds is 9. The monoisotopic (exact) mass is 579 g/mol. The lowest BCUT2D eigenvalue weighted by molar-refractivity contribution is -0.127. The number of anilines is 1. The third-order valence-electron chi connectivity index (χ3n) is 7.31. The highest BCUT2D eigenvalue weighted by Crippen LogP contribution is 2.34. The molecule has 0 radical (unpaired) electrons. The Morgan fingerprint density at radius 1 is 1.07 bits per heavy atom. The molecule has 2 aliphatic heterocycles. The first kappa shape index (κ1) is 28.4. The summed E-state index contributed by atoms with van der Waals surface area (Å²) in [5.41, 5.74) is 1.39. The minimum atomic E-state index is -4.29. The maximum Gasteiger partial charge on any atom is 0.269 e. The molecule has 1 N–H and O–H groups in total. The Balaban J connectivity index is 1.57. The summed E-state index contributed by atoms with van der Waals surface area (Å²) < 4.78 is 46.6. The van der Waals surface area contributed by atoms with Gasteiger partial charge in [0.25, 0.3) is 15.9 Å². The van der Waals surface area contributed by atoms with Crippen LogP contribution in [0.1, 0.15) is 47.3 Å². The zero-order valence-electron chi connectivity index (χ0n) is 22.5. The third kappa shape index (κ3) is 5.59. The zero-order valence-corrected chi connectivity index (χ0v) is 23.3. The van der Waals surface area contributed by atoms with Crippen LogP contribution in [-0.2, 0) is 30.8 Å². The number of nitrogens with one attached hydrogen (secondary N) is 1. The highest BCUT2D eigenvalue weighted by molar-refractivity contribution is 7.90. The van der Waals surface area contributed by atoms with E-state index in [1.54, 1.807) is 30.3 Å². The molecule has 5 rings (SSSR count). The van der Waals surface area contributed by atoms with Crippen LogP contribution in [-0.4, -0.2) is 56.2 Å². The van der Waals surface area contributed by atoms with Crippen molar-refractivity contribution in [3.63, 3.8) is 0 Å². The minimum absolute atomic E-state index is 0.0230. The van der Waals surface area contributed by atoms with E-state index in [0.717, 1.165) is 18.4 Å². The molecule has 2 heterocycles. The highest BCUT2D eigenvalue weighted by Gasteiger charge is 2.44. The van der Waals surface area contributed by atoms with Crippen molar-refractivity contribution < 1.29 is 31.9 Å². The lowest BCUT2D eigenvalue weighted by Gasteiger charge is -2.34. The van der Waals surface area contributed by atoms with Crippen molar-refractivity contribution in [2.24, 2.45) is 0 Å². The maximum absolute atomic E-state index is 14.2. The molecule has 0 aliphatic carbocycles. The average molecular weight is 580 g/mol. The third-order valence-corrected chi connectivity index (χ3v) is 9.10. The summed E-state index contributed by atoms with van der Waals surface area (Å²) in [4.78, 5) is 42.2. The van der Waals surface area contributed by atoms with Gasteiger partial charge >= 0.3 is 0 Å². The van der Waals surface area contributed by atoms with E-state index in [2.05, 4.69) is 5.32 Å². The molecule has 3 aromatic rings. The van der Waals surface area contributed by atoms with Crippen molar-refractivity contribution in [2.45, 2.75) is 43.2 Å². The second-order valence-corrected chi connectivity index (χ2v) is 11.7. The molecule has 41 heavy (non-hydrogen) atoms.